The summed E-state index contributed by atoms with van der Waals surface area (Å²) in [5, 5.41) is 3.76. The van der Waals surface area contributed by atoms with Crippen LogP contribution in [-0.4, -0.2) is 38.7 Å². The molecular formula is C21H26F3N3O6. The number of halogens is 3. The molecule has 2 rings (SSSR count). The zero-order valence-corrected chi connectivity index (χ0v) is 18.8. The molecule has 9 nitrogen and oxygen atoms in total. The van der Waals surface area contributed by atoms with E-state index in [1.807, 2.05) is 0 Å². The van der Waals surface area contributed by atoms with Crippen molar-refractivity contribution in [3.63, 3.8) is 0 Å². The smallest absolute Gasteiger partial charge is 0.389 e. The lowest BCUT2D eigenvalue weighted by molar-refractivity contribution is -0.158. The maximum absolute atomic E-state index is 12.5. The highest BCUT2D eigenvalue weighted by Gasteiger charge is 2.31. The Morgan fingerprint density at radius 3 is 2.33 bits per heavy atom. The monoisotopic (exact) mass is 473 g/mol. The quantitative estimate of drug-likeness (QED) is 0.489. The fourth-order valence-corrected chi connectivity index (χ4v) is 2.77. The summed E-state index contributed by atoms with van der Waals surface area (Å²) in [4.78, 5) is 36.5. The molecule has 0 bridgehead atoms. The van der Waals surface area contributed by atoms with Crippen LogP contribution in [0, 0.1) is 0 Å². The highest BCUT2D eigenvalue weighted by molar-refractivity contribution is 5.79. The molecule has 0 saturated carbocycles. The third-order valence-electron chi connectivity index (χ3n) is 4.46. The molecule has 0 saturated heterocycles. The molecular weight excluding hydrogens is 447 g/mol. The van der Waals surface area contributed by atoms with Crippen LogP contribution in [0.15, 0.2) is 33.9 Å². The summed E-state index contributed by atoms with van der Waals surface area (Å²) >= 11 is 0. The van der Waals surface area contributed by atoms with Gasteiger partial charge in [0.2, 0.25) is 0 Å². The predicted molar refractivity (Wildman–Crippen MR) is 111 cm³/mol. The van der Waals surface area contributed by atoms with Crippen LogP contribution < -0.4 is 20.7 Å². The van der Waals surface area contributed by atoms with Crippen LogP contribution in [0.1, 0.15) is 39.2 Å². The molecule has 1 aromatic heterocycles. The number of benzene rings is 1. The van der Waals surface area contributed by atoms with Crippen LogP contribution in [0.4, 0.5) is 13.2 Å². The molecule has 182 valence electrons. The Balaban J connectivity index is 2.08. The Kier molecular flexibility index (Phi) is 8.29. The van der Waals surface area contributed by atoms with Crippen molar-refractivity contribution in [1.82, 2.24) is 14.3 Å². The van der Waals surface area contributed by atoms with Crippen molar-refractivity contribution in [2.75, 3.05) is 6.61 Å². The minimum atomic E-state index is -4.39. The lowest BCUT2D eigenvalue weighted by Gasteiger charge is -2.24. The molecule has 0 fully saturated rings. The number of alkyl halides is 3. The molecule has 1 heterocycles. The van der Waals surface area contributed by atoms with Crippen molar-refractivity contribution in [3.8, 4) is 11.6 Å². The average molecular weight is 473 g/mol. The van der Waals surface area contributed by atoms with E-state index in [9.17, 15) is 27.6 Å². The second-order valence-corrected chi connectivity index (χ2v) is 7.65. The van der Waals surface area contributed by atoms with E-state index in [1.54, 1.807) is 45.0 Å². The number of carbonyl (C=O) groups is 1. The van der Waals surface area contributed by atoms with E-state index in [0.717, 1.165) is 4.68 Å². The Hall–Kier alpha value is -3.31. The number of aryl methyl sites for hydroxylation is 1. The first-order chi connectivity index (χ1) is 15.3. The van der Waals surface area contributed by atoms with Gasteiger partial charge in [-0.25, -0.2) is 14.3 Å². The topological polar surface area (TPSA) is 102 Å². The Labute approximate surface area is 187 Å². The van der Waals surface area contributed by atoms with Gasteiger partial charge < -0.3 is 14.2 Å². The molecule has 0 aliphatic rings. The zero-order chi connectivity index (χ0) is 24.8. The molecule has 12 heteroatoms. The van der Waals surface area contributed by atoms with Crippen LogP contribution in [0.5, 0.6) is 11.6 Å². The largest absolute Gasteiger partial charge is 0.476 e. The van der Waals surface area contributed by atoms with E-state index in [1.165, 1.54) is 7.05 Å². The summed E-state index contributed by atoms with van der Waals surface area (Å²) < 4.78 is 54.7. The number of ether oxygens (including phenoxy) is 3. The Morgan fingerprint density at radius 2 is 1.76 bits per heavy atom. The normalized spacial score (nSPS) is 11.8. The van der Waals surface area contributed by atoms with E-state index in [-0.39, 0.29) is 13.2 Å². The summed E-state index contributed by atoms with van der Waals surface area (Å²) in [5.41, 5.74) is -2.31. The molecule has 0 amide bonds. The molecule has 2 aromatic rings. The summed E-state index contributed by atoms with van der Waals surface area (Å²) in [6, 6.07) is 6.48. The van der Waals surface area contributed by atoms with Gasteiger partial charge in [0.25, 0.3) is 5.88 Å². The van der Waals surface area contributed by atoms with Gasteiger partial charge in [0.05, 0.1) is 6.61 Å². The molecule has 0 radical (unpaired) electrons. The van der Waals surface area contributed by atoms with E-state index >= 15 is 0 Å². The van der Waals surface area contributed by atoms with E-state index in [2.05, 4.69) is 5.10 Å². The van der Waals surface area contributed by atoms with E-state index in [0.29, 0.717) is 15.9 Å². The Bertz CT molecular complexity index is 1070. The fraction of sp³-hybridized carbons (Fsp3) is 0.524. The number of rotatable bonds is 10. The van der Waals surface area contributed by atoms with E-state index < -0.39 is 54.3 Å². The maximum Gasteiger partial charge on any atom is 0.389 e. The summed E-state index contributed by atoms with van der Waals surface area (Å²) in [7, 11) is 1.27. The van der Waals surface area contributed by atoms with Crippen molar-refractivity contribution in [2.24, 2.45) is 7.05 Å². The standard InChI is InChI=1S/C21H26F3N3O6/c1-5-31-18(29)20(2,3)33-15-9-7-14(8-10-15)13-32-16-17(28)27(19(30)26(4)25-16)12-6-11-21(22,23)24/h7-10H,5-6,11-13H2,1-4H3. The van der Waals surface area contributed by atoms with Crippen molar-refractivity contribution in [1.29, 1.82) is 0 Å². The first-order valence-corrected chi connectivity index (χ1v) is 10.2. The molecule has 0 spiro atoms. The minimum Gasteiger partial charge on any atom is -0.476 e. The number of nitrogens with zero attached hydrogens (tertiary/aromatic N) is 3. The molecule has 33 heavy (non-hydrogen) atoms. The minimum absolute atomic E-state index is 0.0927. The number of aromatic nitrogens is 3. The van der Waals surface area contributed by atoms with Gasteiger partial charge in [-0.05, 0) is 44.9 Å². The van der Waals surface area contributed by atoms with Crippen molar-refractivity contribution in [2.45, 2.75) is 58.5 Å². The molecule has 0 aliphatic heterocycles. The van der Waals surface area contributed by atoms with E-state index in [4.69, 9.17) is 14.2 Å². The molecule has 0 atom stereocenters. The maximum atomic E-state index is 12.5. The molecule has 0 unspecified atom stereocenters. The van der Waals surface area contributed by atoms with Gasteiger partial charge in [0.1, 0.15) is 12.4 Å². The van der Waals surface area contributed by atoms with Crippen LogP contribution in [0.25, 0.3) is 0 Å². The molecule has 0 aliphatic carbocycles. The van der Waals surface area contributed by atoms with Crippen LogP contribution >= 0.6 is 0 Å². The SMILES string of the molecule is CCOC(=O)C(C)(C)Oc1ccc(COc2nn(C)c(=O)n(CCCC(F)(F)F)c2=O)cc1. The van der Waals surface area contributed by atoms with Gasteiger partial charge in [0, 0.05) is 20.0 Å². The Morgan fingerprint density at radius 1 is 1.12 bits per heavy atom. The number of hydrogen-bond donors (Lipinski definition) is 0. The van der Waals surface area contributed by atoms with Crippen LogP contribution in [0.2, 0.25) is 0 Å². The molecule has 0 N–H and O–H groups in total. The lowest BCUT2D eigenvalue weighted by atomic mass is 10.1. The number of hydrogen-bond acceptors (Lipinski definition) is 7. The summed E-state index contributed by atoms with van der Waals surface area (Å²) in [6.07, 6.45) is -5.93. The summed E-state index contributed by atoms with van der Waals surface area (Å²) in [5.74, 6) is -0.512. The third-order valence-corrected chi connectivity index (χ3v) is 4.46. The average Bonchev–Trinajstić information content (AvgIpc) is 2.72. The fourth-order valence-electron chi connectivity index (χ4n) is 2.77. The van der Waals surface area contributed by atoms with Gasteiger partial charge >= 0.3 is 23.4 Å². The second kappa shape index (κ2) is 10.5. The van der Waals surface area contributed by atoms with Gasteiger partial charge in [-0.3, -0.25) is 9.36 Å². The lowest BCUT2D eigenvalue weighted by Crippen LogP contribution is -2.41. The van der Waals surface area contributed by atoms with Gasteiger partial charge in [-0.1, -0.05) is 12.1 Å². The van der Waals surface area contributed by atoms with Crippen molar-refractivity contribution >= 4 is 5.97 Å². The van der Waals surface area contributed by atoms with Gasteiger partial charge in [-0.2, -0.15) is 13.2 Å². The predicted octanol–water partition coefficient (Wildman–Crippen LogP) is 2.58. The third kappa shape index (κ3) is 7.36. The zero-order valence-electron chi connectivity index (χ0n) is 18.8. The van der Waals surface area contributed by atoms with Gasteiger partial charge in [-0.15, -0.1) is 5.10 Å². The second-order valence-electron chi connectivity index (χ2n) is 7.65. The van der Waals surface area contributed by atoms with Crippen LogP contribution in [-0.2, 0) is 29.7 Å². The number of esters is 1. The summed E-state index contributed by atoms with van der Waals surface area (Å²) in [6.45, 7) is 4.57. The van der Waals surface area contributed by atoms with Crippen LogP contribution in [0.3, 0.4) is 0 Å². The first kappa shape index (κ1) is 25.9. The van der Waals surface area contributed by atoms with Crippen molar-refractivity contribution in [3.05, 3.63) is 50.7 Å². The number of carbonyl (C=O) groups excluding carboxylic acids is 1. The first-order valence-electron chi connectivity index (χ1n) is 10.2. The van der Waals surface area contributed by atoms with Gasteiger partial charge in [0.15, 0.2) is 5.60 Å². The molecule has 1 aromatic carbocycles. The highest BCUT2D eigenvalue weighted by atomic mass is 19.4. The van der Waals surface area contributed by atoms with Crippen molar-refractivity contribution < 1.29 is 32.2 Å². The highest BCUT2D eigenvalue weighted by Crippen LogP contribution is 2.22.